The van der Waals surface area contributed by atoms with Gasteiger partial charge < -0.3 is 29.0 Å². The molecule has 9 heteroatoms. The Morgan fingerprint density at radius 3 is 2.43 bits per heavy atom. The third kappa shape index (κ3) is 5.55. The Bertz CT molecular complexity index is 1130. The number of ketones is 1. The predicted octanol–water partition coefficient (Wildman–Crippen LogP) is 4.60. The second kappa shape index (κ2) is 11.5. The second-order valence-corrected chi connectivity index (χ2v) is 8.67. The first-order chi connectivity index (χ1) is 16.7. The number of carbonyl (C=O) groups excluding carboxylic acids is 2. The molecule has 1 aliphatic heterocycles. The second-order valence-electron chi connectivity index (χ2n) is 8.26. The highest BCUT2D eigenvalue weighted by Gasteiger charge is 2.46. The lowest BCUT2D eigenvalue weighted by atomic mass is 9.94. The molecule has 0 radical (unpaired) electrons. The number of amides is 1. The lowest BCUT2D eigenvalue weighted by Crippen LogP contribution is -2.31. The molecule has 3 rings (SSSR count). The van der Waals surface area contributed by atoms with Gasteiger partial charge in [0.1, 0.15) is 23.0 Å². The predicted molar refractivity (Wildman–Crippen MR) is 132 cm³/mol. The topological polar surface area (TPSA) is 94.5 Å². The molecule has 2 aromatic carbocycles. The van der Waals surface area contributed by atoms with Crippen LogP contribution in [0, 0.1) is 0 Å². The van der Waals surface area contributed by atoms with Crippen LogP contribution in [-0.2, 0) is 14.3 Å². The van der Waals surface area contributed by atoms with E-state index in [0.717, 1.165) is 0 Å². The molecule has 0 saturated carbocycles. The van der Waals surface area contributed by atoms with Crippen molar-refractivity contribution in [1.82, 2.24) is 4.90 Å². The standard InChI is InChI=1S/C26H30ClNO7/c1-15(2)35-17-9-6-8-16(12-17)23-22(25(30)26(31)28(23)10-7-11-32-3)24(29)18-13-21(34-5)19(27)14-20(18)33-4/h6,8-9,12-15,23,29H,7,10-11H2,1-5H3/b24-22+. The summed E-state index contributed by atoms with van der Waals surface area (Å²) in [5, 5.41) is 11.7. The number of aliphatic hydroxyl groups excluding tert-OH is 1. The summed E-state index contributed by atoms with van der Waals surface area (Å²) in [7, 11) is 4.42. The summed E-state index contributed by atoms with van der Waals surface area (Å²) in [5.74, 6) is -0.782. The van der Waals surface area contributed by atoms with Crippen LogP contribution in [-0.4, -0.2) is 62.3 Å². The van der Waals surface area contributed by atoms with Gasteiger partial charge >= 0.3 is 0 Å². The molecule has 1 N–H and O–H groups in total. The first-order valence-corrected chi connectivity index (χ1v) is 11.6. The van der Waals surface area contributed by atoms with E-state index in [2.05, 4.69) is 0 Å². The van der Waals surface area contributed by atoms with Gasteiger partial charge in [-0.1, -0.05) is 23.7 Å². The van der Waals surface area contributed by atoms with Crippen molar-refractivity contribution >= 4 is 29.1 Å². The molecule has 0 aliphatic carbocycles. The van der Waals surface area contributed by atoms with Crippen molar-refractivity contribution < 1.29 is 33.6 Å². The van der Waals surface area contributed by atoms with Crippen LogP contribution >= 0.6 is 11.6 Å². The molecule has 1 aliphatic rings. The monoisotopic (exact) mass is 503 g/mol. The normalized spacial score (nSPS) is 17.2. The fraction of sp³-hybridized carbons (Fsp3) is 0.385. The lowest BCUT2D eigenvalue weighted by Gasteiger charge is -2.26. The molecule has 1 atom stereocenters. The van der Waals surface area contributed by atoms with Crippen LogP contribution in [0.1, 0.15) is 37.4 Å². The van der Waals surface area contributed by atoms with E-state index >= 15 is 0 Å². The molecule has 1 unspecified atom stereocenters. The fourth-order valence-electron chi connectivity index (χ4n) is 4.06. The molecule has 188 valence electrons. The summed E-state index contributed by atoms with van der Waals surface area (Å²) in [5.41, 5.74) is 0.751. The Morgan fingerprint density at radius 1 is 1.09 bits per heavy atom. The van der Waals surface area contributed by atoms with Gasteiger partial charge in [0.25, 0.3) is 11.7 Å². The van der Waals surface area contributed by atoms with Gasteiger partial charge in [-0.2, -0.15) is 0 Å². The van der Waals surface area contributed by atoms with E-state index in [1.54, 1.807) is 31.4 Å². The van der Waals surface area contributed by atoms with E-state index in [4.69, 9.17) is 30.5 Å². The largest absolute Gasteiger partial charge is 0.507 e. The zero-order valence-corrected chi connectivity index (χ0v) is 21.2. The molecule has 35 heavy (non-hydrogen) atoms. The number of halogens is 1. The number of carbonyl (C=O) groups is 2. The van der Waals surface area contributed by atoms with E-state index < -0.39 is 17.7 Å². The van der Waals surface area contributed by atoms with E-state index in [9.17, 15) is 14.7 Å². The van der Waals surface area contributed by atoms with Crippen LogP contribution in [0.4, 0.5) is 0 Å². The third-order valence-electron chi connectivity index (χ3n) is 5.56. The number of ether oxygens (including phenoxy) is 4. The summed E-state index contributed by atoms with van der Waals surface area (Å²) in [4.78, 5) is 27.8. The number of likely N-dealkylation sites (tertiary alicyclic amines) is 1. The highest BCUT2D eigenvalue weighted by atomic mass is 35.5. The van der Waals surface area contributed by atoms with Crippen LogP contribution < -0.4 is 14.2 Å². The van der Waals surface area contributed by atoms with Gasteiger partial charge in [0.05, 0.1) is 42.5 Å². The number of hydrogen-bond donors (Lipinski definition) is 1. The smallest absolute Gasteiger partial charge is 0.295 e. The van der Waals surface area contributed by atoms with Gasteiger partial charge in [-0.05, 0) is 44.0 Å². The van der Waals surface area contributed by atoms with Gasteiger partial charge in [0.15, 0.2) is 0 Å². The van der Waals surface area contributed by atoms with Gasteiger partial charge in [0, 0.05) is 26.3 Å². The van der Waals surface area contributed by atoms with Crippen LogP contribution in [0.3, 0.4) is 0 Å². The van der Waals surface area contributed by atoms with Crippen LogP contribution in [0.25, 0.3) is 5.76 Å². The highest BCUT2D eigenvalue weighted by molar-refractivity contribution is 6.46. The maximum absolute atomic E-state index is 13.3. The maximum atomic E-state index is 13.3. The minimum atomic E-state index is -0.839. The molecule has 1 heterocycles. The molecule has 0 spiro atoms. The minimum Gasteiger partial charge on any atom is -0.507 e. The van der Waals surface area contributed by atoms with Crippen molar-refractivity contribution in [1.29, 1.82) is 0 Å². The number of benzene rings is 2. The van der Waals surface area contributed by atoms with Crippen LogP contribution in [0.5, 0.6) is 17.2 Å². The number of hydrogen-bond acceptors (Lipinski definition) is 7. The number of Topliss-reactive ketones (excluding diaryl/α,β-unsaturated/α-hetero) is 1. The van der Waals surface area contributed by atoms with Crippen molar-refractivity contribution in [3.05, 3.63) is 58.1 Å². The molecule has 1 saturated heterocycles. The summed E-state index contributed by atoms with van der Waals surface area (Å²) in [6.07, 6.45) is 0.449. The van der Waals surface area contributed by atoms with E-state index in [1.807, 2.05) is 13.8 Å². The van der Waals surface area contributed by atoms with Gasteiger partial charge in [-0.3, -0.25) is 9.59 Å². The molecular weight excluding hydrogens is 474 g/mol. The van der Waals surface area contributed by atoms with Crippen molar-refractivity contribution in [2.75, 3.05) is 34.5 Å². The number of aliphatic hydroxyl groups is 1. The van der Waals surface area contributed by atoms with Crippen molar-refractivity contribution in [3.63, 3.8) is 0 Å². The van der Waals surface area contributed by atoms with Gasteiger partial charge in [0.2, 0.25) is 0 Å². The zero-order valence-electron chi connectivity index (χ0n) is 20.5. The zero-order chi connectivity index (χ0) is 25.7. The summed E-state index contributed by atoms with van der Waals surface area (Å²) < 4.78 is 21.6. The summed E-state index contributed by atoms with van der Waals surface area (Å²) >= 11 is 6.22. The highest BCUT2D eigenvalue weighted by Crippen LogP contribution is 2.43. The Labute approximate surface area is 210 Å². The van der Waals surface area contributed by atoms with E-state index in [0.29, 0.717) is 24.3 Å². The maximum Gasteiger partial charge on any atom is 0.295 e. The van der Waals surface area contributed by atoms with Crippen molar-refractivity contribution in [2.24, 2.45) is 0 Å². The third-order valence-corrected chi connectivity index (χ3v) is 5.86. The van der Waals surface area contributed by atoms with Crippen molar-refractivity contribution in [3.8, 4) is 17.2 Å². The average molecular weight is 504 g/mol. The molecule has 8 nitrogen and oxygen atoms in total. The van der Waals surface area contributed by atoms with Gasteiger partial charge in [-0.15, -0.1) is 0 Å². The van der Waals surface area contributed by atoms with Crippen LogP contribution in [0.2, 0.25) is 5.02 Å². The van der Waals surface area contributed by atoms with E-state index in [-0.39, 0.29) is 46.1 Å². The van der Waals surface area contributed by atoms with Crippen molar-refractivity contribution in [2.45, 2.75) is 32.4 Å². The number of methoxy groups -OCH3 is 3. The van der Waals surface area contributed by atoms with Crippen LogP contribution in [0.15, 0.2) is 42.0 Å². The summed E-state index contributed by atoms with van der Waals surface area (Å²) in [6.45, 7) is 4.48. The molecule has 0 aromatic heterocycles. The first kappa shape index (κ1) is 26.4. The lowest BCUT2D eigenvalue weighted by molar-refractivity contribution is -0.140. The Hall–Kier alpha value is -3.23. The molecule has 0 bridgehead atoms. The number of nitrogens with zero attached hydrogens (tertiary/aromatic N) is 1. The van der Waals surface area contributed by atoms with E-state index in [1.165, 1.54) is 31.3 Å². The number of rotatable bonds is 10. The average Bonchev–Trinajstić information content (AvgIpc) is 3.08. The minimum absolute atomic E-state index is 0.0585. The Morgan fingerprint density at radius 2 is 1.80 bits per heavy atom. The Balaban J connectivity index is 2.22. The molecule has 2 aromatic rings. The quantitative estimate of drug-likeness (QED) is 0.219. The fourth-order valence-corrected chi connectivity index (χ4v) is 4.29. The molecule has 1 amide bonds. The Kier molecular flexibility index (Phi) is 8.64. The SMILES string of the molecule is COCCCN1C(=O)C(=O)/C(=C(/O)c2cc(OC)c(Cl)cc2OC)C1c1cccc(OC(C)C)c1. The first-order valence-electron chi connectivity index (χ1n) is 11.2. The van der Waals surface area contributed by atoms with Gasteiger partial charge in [-0.25, -0.2) is 0 Å². The molecular formula is C26H30ClNO7. The molecule has 1 fully saturated rings. The summed E-state index contributed by atoms with van der Waals surface area (Å²) in [6, 6.07) is 9.27.